The molecular weight excluding hydrogens is 357 g/mol. The van der Waals surface area contributed by atoms with Crippen LogP contribution in [-0.2, 0) is 12.7 Å². The van der Waals surface area contributed by atoms with Crippen LogP contribution in [0.25, 0.3) is 10.9 Å². The third kappa shape index (κ3) is 3.98. The number of nitrogens with zero attached hydrogens (tertiary/aromatic N) is 3. The van der Waals surface area contributed by atoms with Crippen molar-refractivity contribution in [3.63, 3.8) is 0 Å². The third-order valence-corrected chi connectivity index (χ3v) is 3.88. The van der Waals surface area contributed by atoms with Gasteiger partial charge in [0.25, 0.3) is 5.91 Å². The number of carbonyl (C=O) groups is 1. The molecule has 0 fully saturated rings. The molecule has 0 aliphatic carbocycles. The summed E-state index contributed by atoms with van der Waals surface area (Å²) in [5.41, 5.74) is 2.68. The van der Waals surface area contributed by atoms with Crippen LogP contribution in [0.1, 0.15) is 21.5 Å². The number of hydrogen-bond acceptors (Lipinski definition) is 3. The Morgan fingerprint density at radius 1 is 1.22 bits per heavy atom. The second-order valence-electron chi connectivity index (χ2n) is 5.67. The van der Waals surface area contributed by atoms with Crippen LogP contribution in [0, 0.1) is 11.3 Å². The van der Waals surface area contributed by atoms with Crippen LogP contribution in [0.4, 0.5) is 13.2 Å². The monoisotopic (exact) mass is 370 g/mol. The van der Waals surface area contributed by atoms with E-state index in [0.717, 1.165) is 29.1 Å². The smallest absolute Gasteiger partial charge is 0.333 e. The van der Waals surface area contributed by atoms with Crippen LogP contribution < -0.4 is 5.43 Å². The number of rotatable bonds is 4. The molecule has 0 spiro atoms. The summed E-state index contributed by atoms with van der Waals surface area (Å²) in [6.45, 7) is 0.158. The van der Waals surface area contributed by atoms with Gasteiger partial charge in [-0.1, -0.05) is 24.3 Å². The van der Waals surface area contributed by atoms with Crippen LogP contribution in [0.15, 0.2) is 59.8 Å². The van der Waals surface area contributed by atoms with Gasteiger partial charge in [0.2, 0.25) is 0 Å². The molecule has 1 N–H and O–H groups in total. The second-order valence-corrected chi connectivity index (χ2v) is 5.67. The van der Waals surface area contributed by atoms with E-state index >= 15 is 0 Å². The third-order valence-electron chi connectivity index (χ3n) is 3.88. The van der Waals surface area contributed by atoms with Crippen LogP contribution in [0.3, 0.4) is 0 Å². The highest BCUT2D eigenvalue weighted by Crippen LogP contribution is 2.29. The van der Waals surface area contributed by atoms with Crippen molar-refractivity contribution in [3.8, 4) is 6.07 Å². The molecule has 3 aromatic rings. The molecular formula is C19H13F3N4O. The highest BCUT2D eigenvalue weighted by Gasteiger charge is 2.30. The normalized spacial score (nSPS) is 11.6. The first-order valence-corrected chi connectivity index (χ1v) is 7.85. The van der Waals surface area contributed by atoms with E-state index < -0.39 is 17.6 Å². The van der Waals surface area contributed by atoms with Gasteiger partial charge >= 0.3 is 6.18 Å². The highest BCUT2D eigenvalue weighted by molar-refractivity contribution is 6.00. The van der Waals surface area contributed by atoms with E-state index in [1.165, 1.54) is 12.3 Å². The maximum atomic E-state index is 12.7. The van der Waals surface area contributed by atoms with Crippen LogP contribution in [0.2, 0.25) is 0 Å². The predicted molar refractivity (Wildman–Crippen MR) is 94.1 cm³/mol. The molecule has 0 bridgehead atoms. The van der Waals surface area contributed by atoms with E-state index in [4.69, 9.17) is 5.26 Å². The minimum absolute atomic E-state index is 0.145. The molecule has 0 aliphatic heterocycles. The predicted octanol–water partition coefficient (Wildman–Crippen LogP) is 3.95. The van der Waals surface area contributed by atoms with Gasteiger partial charge in [-0.05, 0) is 24.3 Å². The molecule has 136 valence electrons. The average molecular weight is 370 g/mol. The number of hydrazone groups is 1. The molecule has 0 atom stereocenters. The zero-order valence-corrected chi connectivity index (χ0v) is 13.9. The van der Waals surface area contributed by atoms with Gasteiger partial charge in [-0.2, -0.15) is 23.5 Å². The number of nitrogens with one attached hydrogen (secondary N) is 1. The molecule has 0 aliphatic rings. The summed E-state index contributed by atoms with van der Waals surface area (Å²) in [7, 11) is 0. The Bertz CT molecular complexity index is 1060. The molecule has 0 radical (unpaired) electrons. The van der Waals surface area contributed by atoms with Crippen molar-refractivity contribution in [1.29, 1.82) is 5.26 Å². The zero-order valence-electron chi connectivity index (χ0n) is 13.9. The minimum atomic E-state index is -4.53. The summed E-state index contributed by atoms with van der Waals surface area (Å²) in [6.07, 6.45) is -1.42. The lowest BCUT2D eigenvalue weighted by Crippen LogP contribution is -2.18. The van der Waals surface area contributed by atoms with Crippen molar-refractivity contribution in [1.82, 2.24) is 9.99 Å². The topological polar surface area (TPSA) is 70.2 Å². The number of carbonyl (C=O) groups excluding carboxylic acids is 1. The Hall–Kier alpha value is -3.60. The second kappa shape index (κ2) is 7.33. The van der Waals surface area contributed by atoms with Gasteiger partial charge in [-0.15, -0.1) is 0 Å². The number of nitriles is 1. The van der Waals surface area contributed by atoms with E-state index in [0.29, 0.717) is 5.56 Å². The van der Waals surface area contributed by atoms with Crippen LogP contribution in [-0.4, -0.2) is 16.7 Å². The fraction of sp³-hybridized carbons (Fsp3) is 0.105. The van der Waals surface area contributed by atoms with E-state index in [9.17, 15) is 18.0 Å². The van der Waals surface area contributed by atoms with Crippen molar-refractivity contribution in [3.05, 3.63) is 71.4 Å². The molecule has 8 heteroatoms. The number of halogens is 3. The maximum Gasteiger partial charge on any atom is 0.416 e. The first kappa shape index (κ1) is 18.2. The lowest BCUT2D eigenvalue weighted by molar-refractivity contribution is -0.137. The standard InChI is InChI=1S/C19H13F3N4O/c20-19(21,22)15-5-3-4-13(10-15)18(27)25-24-11-14-12-26(9-8-23)17-7-2-1-6-16(14)17/h1-7,10-12H,9H2,(H,25,27). The number of amides is 1. The number of alkyl halides is 3. The molecule has 1 aromatic heterocycles. The number of aromatic nitrogens is 1. The minimum Gasteiger partial charge on any atom is -0.333 e. The summed E-state index contributed by atoms with van der Waals surface area (Å²) in [5.74, 6) is -0.752. The molecule has 0 unspecified atom stereocenters. The Kier molecular flexibility index (Phi) is 4.94. The SMILES string of the molecule is N#CCn1cc(C=NNC(=O)c2cccc(C(F)(F)F)c2)c2ccccc21. The van der Waals surface area contributed by atoms with E-state index in [2.05, 4.69) is 16.6 Å². The molecule has 2 aromatic carbocycles. The van der Waals surface area contributed by atoms with Gasteiger partial charge < -0.3 is 4.57 Å². The van der Waals surface area contributed by atoms with E-state index in [1.54, 1.807) is 10.8 Å². The molecule has 5 nitrogen and oxygen atoms in total. The van der Waals surface area contributed by atoms with Crippen molar-refractivity contribution < 1.29 is 18.0 Å². The van der Waals surface area contributed by atoms with Gasteiger partial charge in [-0.3, -0.25) is 4.79 Å². The lowest BCUT2D eigenvalue weighted by atomic mass is 10.1. The molecule has 1 amide bonds. The lowest BCUT2D eigenvalue weighted by Gasteiger charge is -2.07. The summed E-state index contributed by atoms with van der Waals surface area (Å²) >= 11 is 0. The highest BCUT2D eigenvalue weighted by atomic mass is 19.4. The first-order valence-electron chi connectivity index (χ1n) is 7.85. The van der Waals surface area contributed by atoms with E-state index in [1.807, 2.05) is 24.3 Å². The number of para-hydroxylation sites is 1. The summed E-state index contributed by atoms with van der Waals surface area (Å²) in [6, 6.07) is 13.5. The molecule has 27 heavy (non-hydrogen) atoms. The molecule has 3 rings (SSSR count). The molecule has 1 heterocycles. The Balaban J connectivity index is 1.79. The largest absolute Gasteiger partial charge is 0.416 e. The van der Waals surface area contributed by atoms with Crippen molar-refractivity contribution in [2.75, 3.05) is 0 Å². The zero-order chi connectivity index (χ0) is 19.4. The van der Waals surface area contributed by atoms with Gasteiger partial charge in [0.15, 0.2) is 0 Å². The Morgan fingerprint density at radius 3 is 2.74 bits per heavy atom. The van der Waals surface area contributed by atoms with Gasteiger partial charge in [0, 0.05) is 28.2 Å². The van der Waals surface area contributed by atoms with Crippen molar-refractivity contribution in [2.45, 2.75) is 12.7 Å². The average Bonchev–Trinajstić information content (AvgIpc) is 2.99. The summed E-state index contributed by atoms with van der Waals surface area (Å²) in [5, 5.41) is 13.6. The maximum absolute atomic E-state index is 12.7. The number of hydrogen-bond donors (Lipinski definition) is 1. The number of fused-ring (bicyclic) bond motifs is 1. The first-order chi connectivity index (χ1) is 12.9. The van der Waals surface area contributed by atoms with Gasteiger partial charge in [0.1, 0.15) is 6.54 Å². The summed E-state index contributed by atoms with van der Waals surface area (Å²) < 4.78 is 39.9. The van der Waals surface area contributed by atoms with Crippen LogP contribution >= 0.6 is 0 Å². The van der Waals surface area contributed by atoms with Crippen LogP contribution in [0.5, 0.6) is 0 Å². The fourth-order valence-electron chi connectivity index (χ4n) is 2.65. The van der Waals surface area contributed by atoms with Gasteiger partial charge in [0.05, 0.1) is 17.8 Å². The number of benzene rings is 2. The molecule has 0 saturated heterocycles. The summed E-state index contributed by atoms with van der Waals surface area (Å²) in [4.78, 5) is 12.0. The quantitative estimate of drug-likeness (QED) is 0.558. The Morgan fingerprint density at radius 2 is 2.00 bits per heavy atom. The van der Waals surface area contributed by atoms with Crippen molar-refractivity contribution >= 4 is 23.0 Å². The Labute approximate surface area is 152 Å². The van der Waals surface area contributed by atoms with Crippen molar-refractivity contribution in [2.24, 2.45) is 5.10 Å². The van der Waals surface area contributed by atoms with Gasteiger partial charge in [-0.25, -0.2) is 5.43 Å². The fourth-order valence-corrected chi connectivity index (χ4v) is 2.65. The van der Waals surface area contributed by atoms with E-state index in [-0.39, 0.29) is 12.1 Å². The molecule has 0 saturated carbocycles.